The van der Waals surface area contributed by atoms with Crippen LogP contribution in [0.2, 0.25) is 5.02 Å². The molecule has 0 spiro atoms. The number of anilines is 1. The number of nitrogens with one attached hydrogen (secondary N) is 1. The molecule has 0 radical (unpaired) electrons. The van der Waals surface area contributed by atoms with E-state index in [1.165, 1.54) is 16.4 Å². The molecule has 2 aromatic carbocycles. The molecule has 28 heavy (non-hydrogen) atoms. The van der Waals surface area contributed by atoms with Gasteiger partial charge in [-0.05, 0) is 31.2 Å². The number of benzene rings is 2. The van der Waals surface area contributed by atoms with E-state index in [0.717, 1.165) is 0 Å². The van der Waals surface area contributed by atoms with Crippen molar-refractivity contribution in [2.75, 3.05) is 18.0 Å². The molecule has 1 aliphatic rings. The molecule has 10 heteroatoms. The van der Waals surface area contributed by atoms with Gasteiger partial charge in [0.1, 0.15) is 0 Å². The van der Waals surface area contributed by atoms with Gasteiger partial charge in [-0.15, -0.1) is 10.2 Å². The quantitative estimate of drug-likeness (QED) is 0.485. The number of fused-ring (bicyclic) bond motifs is 1. The minimum absolute atomic E-state index is 0.179. The average Bonchev–Trinajstić information content (AvgIpc) is 3.29. The smallest absolute Gasteiger partial charge is 0.237 e. The first kappa shape index (κ1) is 18.5. The Hall–Kier alpha value is -2.91. The van der Waals surface area contributed by atoms with Gasteiger partial charge in [0.25, 0.3) is 0 Å². The van der Waals surface area contributed by atoms with Crippen LogP contribution in [-0.4, -0.2) is 32.8 Å². The van der Waals surface area contributed by atoms with E-state index in [2.05, 4.69) is 15.5 Å². The van der Waals surface area contributed by atoms with Gasteiger partial charge in [-0.25, -0.2) is 4.68 Å². The maximum absolute atomic E-state index is 12.5. The molecule has 0 saturated heterocycles. The van der Waals surface area contributed by atoms with Gasteiger partial charge >= 0.3 is 0 Å². The monoisotopic (exact) mass is 417 g/mol. The zero-order chi connectivity index (χ0) is 19.7. The molecule has 2 heterocycles. The number of halogens is 1. The van der Waals surface area contributed by atoms with Gasteiger partial charge in [-0.3, -0.25) is 4.79 Å². The summed E-state index contributed by atoms with van der Waals surface area (Å²) in [6.07, 6.45) is 0. The fourth-order valence-corrected chi connectivity index (χ4v) is 3.60. The summed E-state index contributed by atoms with van der Waals surface area (Å²) in [5.41, 5.74) is 1.29. The molecule has 8 nitrogen and oxygen atoms in total. The van der Waals surface area contributed by atoms with Gasteiger partial charge in [0.05, 0.1) is 10.3 Å². The number of thioether (sulfide) groups is 1. The maximum atomic E-state index is 12.5. The van der Waals surface area contributed by atoms with Crippen LogP contribution in [0.1, 0.15) is 6.92 Å². The van der Waals surface area contributed by atoms with Crippen molar-refractivity contribution in [3.8, 4) is 22.9 Å². The molecule has 1 atom stereocenters. The van der Waals surface area contributed by atoms with Crippen molar-refractivity contribution in [3.63, 3.8) is 0 Å². The Morgan fingerprint density at radius 2 is 2.04 bits per heavy atom. The highest BCUT2D eigenvalue weighted by Crippen LogP contribution is 2.34. The van der Waals surface area contributed by atoms with E-state index in [4.69, 9.17) is 26.9 Å². The largest absolute Gasteiger partial charge is 0.454 e. The normalized spacial score (nSPS) is 13.4. The van der Waals surface area contributed by atoms with Crippen LogP contribution in [0.4, 0.5) is 5.69 Å². The Kier molecular flexibility index (Phi) is 5.01. The number of hydrogen-bond acceptors (Lipinski definition) is 7. The van der Waals surface area contributed by atoms with Gasteiger partial charge in [-0.2, -0.15) is 0 Å². The number of carbonyl (C=O) groups excluding carboxylic acids is 1. The van der Waals surface area contributed by atoms with Gasteiger partial charge in [0.15, 0.2) is 17.3 Å². The lowest BCUT2D eigenvalue weighted by Crippen LogP contribution is -2.23. The van der Waals surface area contributed by atoms with E-state index < -0.39 is 5.25 Å². The number of aromatic nitrogens is 3. The lowest BCUT2D eigenvalue weighted by molar-refractivity contribution is -0.115. The predicted molar refractivity (Wildman–Crippen MR) is 107 cm³/mol. The van der Waals surface area contributed by atoms with Crippen molar-refractivity contribution in [1.82, 2.24) is 14.9 Å². The Morgan fingerprint density at radius 3 is 2.86 bits per heavy atom. The van der Waals surface area contributed by atoms with Gasteiger partial charge in [0.2, 0.25) is 17.9 Å². The van der Waals surface area contributed by atoms with E-state index in [1.807, 2.05) is 12.1 Å². The fraction of sp³-hybridized carbons (Fsp3) is 0.167. The number of carbonyl (C=O) groups is 1. The summed E-state index contributed by atoms with van der Waals surface area (Å²) in [6, 6.07) is 12.4. The molecule has 3 aromatic rings. The minimum Gasteiger partial charge on any atom is -0.454 e. The lowest BCUT2D eigenvalue weighted by Gasteiger charge is -2.12. The number of nitrogens with zero attached hydrogens (tertiary/aromatic N) is 3. The van der Waals surface area contributed by atoms with Crippen molar-refractivity contribution in [1.29, 1.82) is 0 Å². The first-order valence-corrected chi connectivity index (χ1v) is 9.61. The number of hydrogen-bond donors (Lipinski definition) is 2. The molecule has 0 saturated carbocycles. The third kappa shape index (κ3) is 3.58. The van der Waals surface area contributed by atoms with Gasteiger partial charge < -0.3 is 20.6 Å². The summed E-state index contributed by atoms with van der Waals surface area (Å²) in [6.45, 7) is 1.94. The molecule has 0 fully saturated rings. The Labute approximate surface area is 170 Å². The summed E-state index contributed by atoms with van der Waals surface area (Å²) in [5, 5.41) is 11.5. The van der Waals surface area contributed by atoms with Gasteiger partial charge in [0, 0.05) is 17.3 Å². The number of nitrogen functional groups attached to an aromatic ring is 1. The van der Waals surface area contributed by atoms with Crippen LogP contribution in [0, 0.1) is 0 Å². The molecule has 1 aromatic heterocycles. The van der Waals surface area contributed by atoms with Crippen molar-refractivity contribution in [2.45, 2.75) is 17.3 Å². The van der Waals surface area contributed by atoms with E-state index >= 15 is 0 Å². The zero-order valence-electron chi connectivity index (χ0n) is 14.8. The summed E-state index contributed by atoms with van der Waals surface area (Å²) in [4.78, 5) is 12.5. The van der Waals surface area contributed by atoms with Crippen LogP contribution >= 0.6 is 23.4 Å². The maximum Gasteiger partial charge on any atom is 0.237 e. The van der Waals surface area contributed by atoms with E-state index in [-0.39, 0.29) is 12.7 Å². The number of ether oxygens (including phenoxy) is 2. The average molecular weight is 418 g/mol. The number of amides is 1. The van der Waals surface area contributed by atoms with Crippen molar-refractivity contribution in [3.05, 3.63) is 47.5 Å². The zero-order valence-corrected chi connectivity index (χ0v) is 16.3. The van der Waals surface area contributed by atoms with Crippen LogP contribution in [0.5, 0.6) is 11.5 Å². The molecule has 3 N–H and O–H groups in total. The third-order valence-corrected chi connectivity index (χ3v) is 5.46. The Bertz CT molecular complexity index is 1040. The molecule has 0 bridgehead atoms. The molecule has 0 aliphatic carbocycles. The topological polar surface area (TPSA) is 104 Å². The highest BCUT2D eigenvalue weighted by atomic mass is 35.5. The standard InChI is InChI=1S/C18H16ClN5O3S/c1-10(17(25)21-11-6-7-14-15(8-11)27-9-26-14)28-18-23-22-16(24(18)20)12-4-2-3-5-13(12)19/h2-8,10H,9,20H2,1H3,(H,21,25). The van der Waals surface area contributed by atoms with E-state index in [1.54, 1.807) is 37.3 Å². The molecule has 1 amide bonds. The van der Waals surface area contributed by atoms with Crippen LogP contribution in [0.3, 0.4) is 0 Å². The number of nitrogens with two attached hydrogens (primary N) is 1. The minimum atomic E-state index is -0.462. The Morgan fingerprint density at radius 1 is 1.25 bits per heavy atom. The first-order chi connectivity index (χ1) is 13.5. The molecule has 1 unspecified atom stereocenters. The second-order valence-electron chi connectivity index (χ2n) is 5.97. The van der Waals surface area contributed by atoms with E-state index in [0.29, 0.717) is 38.8 Å². The summed E-state index contributed by atoms with van der Waals surface area (Å²) in [7, 11) is 0. The van der Waals surface area contributed by atoms with Gasteiger partial charge in [-0.1, -0.05) is 35.5 Å². The van der Waals surface area contributed by atoms with Crippen LogP contribution in [0.15, 0.2) is 47.6 Å². The van der Waals surface area contributed by atoms with Crippen molar-refractivity contribution < 1.29 is 14.3 Å². The Balaban J connectivity index is 1.46. The first-order valence-electron chi connectivity index (χ1n) is 8.35. The molecular weight excluding hydrogens is 402 g/mol. The second kappa shape index (κ2) is 7.61. The number of rotatable bonds is 5. The SMILES string of the molecule is CC(Sc1nnc(-c2ccccc2Cl)n1N)C(=O)Nc1ccc2c(c1)OCO2. The summed E-state index contributed by atoms with van der Waals surface area (Å²) in [5.74, 6) is 7.60. The molecule has 144 valence electrons. The summed E-state index contributed by atoms with van der Waals surface area (Å²) < 4.78 is 11.9. The van der Waals surface area contributed by atoms with Crippen molar-refractivity contribution in [2.24, 2.45) is 0 Å². The predicted octanol–water partition coefficient (Wildman–Crippen LogP) is 3.16. The van der Waals surface area contributed by atoms with Crippen LogP contribution in [0.25, 0.3) is 11.4 Å². The van der Waals surface area contributed by atoms with Crippen LogP contribution in [-0.2, 0) is 4.79 Å². The molecule has 4 rings (SSSR count). The second-order valence-corrected chi connectivity index (χ2v) is 7.69. The third-order valence-electron chi connectivity index (χ3n) is 4.07. The summed E-state index contributed by atoms with van der Waals surface area (Å²) >= 11 is 7.40. The lowest BCUT2D eigenvalue weighted by atomic mass is 10.2. The van der Waals surface area contributed by atoms with E-state index in [9.17, 15) is 4.79 Å². The highest BCUT2D eigenvalue weighted by Gasteiger charge is 2.21. The van der Waals surface area contributed by atoms with Crippen molar-refractivity contribution >= 4 is 35.0 Å². The van der Waals surface area contributed by atoms with Crippen LogP contribution < -0.4 is 20.6 Å². The fourth-order valence-electron chi connectivity index (χ4n) is 2.61. The molecular formula is C18H16ClN5O3S. The highest BCUT2D eigenvalue weighted by molar-refractivity contribution is 8.00. The molecule has 1 aliphatic heterocycles.